The molecule has 0 spiro atoms. The van der Waals surface area contributed by atoms with Gasteiger partial charge < -0.3 is 14.4 Å². The van der Waals surface area contributed by atoms with Gasteiger partial charge >= 0.3 is 6.09 Å². The Labute approximate surface area is 109 Å². The average Bonchev–Trinajstić information content (AvgIpc) is 2.77. The van der Waals surface area contributed by atoms with Gasteiger partial charge in [0.05, 0.1) is 13.4 Å². The number of ether oxygens (including phenoxy) is 2. The number of methoxy groups -OCH3 is 1. The van der Waals surface area contributed by atoms with Crippen molar-refractivity contribution in [3.63, 3.8) is 0 Å². The third-order valence-corrected chi connectivity index (χ3v) is 3.64. The van der Waals surface area contributed by atoms with Crippen LogP contribution < -0.4 is 0 Å². The Morgan fingerprint density at radius 2 is 2.11 bits per heavy atom. The predicted molar refractivity (Wildman–Crippen MR) is 69.1 cm³/mol. The van der Waals surface area contributed by atoms with E-state index >= 15 is 0 Å². The minimum absolute atomic E-state index is 0.186. The van der Waals surface area contributed by atoms with Gasteiger partial charge in [-0.05, 0) is 45.1 Å². The molecule has 1 saturated carbocycles. The molecule has 1 heterocycles. The zero-order chi connectivity index (χ0) is 13.3. The molecule has 2 rings (SSSR count). The van der Waals surface area contributed by atoms with Crippen LogP contribution in [0, 0.1) is 11.8 Å². The first-order chi connectivity index (χ1) is 8.40. The topological polar surface area (TPSA) is 38.8 Å². The van der Waals surface area contributed by atoms with Gasteiger partial charge in [0.25, 0.3) is 0 Å². The summed E-state index contributed by atoms with van der Waals surface area (Å²) in [5.41, 5.74) is 0.925. The number of hydrogen-bond acceptors (Lipinski definition) is 3. The Kier molecular flexibility index (Phi) is 3.55. The monoisotopic (exact) mass is 253 g/mol. The molecular formula is C14H23NO3. The molecule has 0 N–H and O–H groups in total. The molecule has 2 aliphatic rings. The van der Waals surface area contributed by atoms with E-state index in [4.69, 9.17) is 9.47 Å². The molecule has 0 radical (unpaired) electrons. The fraction of sp³-hybridized carbons (Fsp3) is 0.786. The van der Waals surface area contributed by atoms with Gasteiger partial charge in [0.2, 0.25) is 0 Å². The number of carbonyl (C=O) groups is 1. The largest absolute Gasteiger partial charge is 0.504 e. The molecule has 18 heavy (non-hydrogen) atoms. The summed E-state index contributed by atoms with van der Waals surface area (Å²) in [6.07, 6.45) is 3.92. The normalized spacial score (nSPS) is 29.6. The quantitative estimate of drug-likeness (QED) is 0.674. The van der Waals surface area contributed by atoms with Crippen LogP contribution in [0.4, 0.5) is 4.79 Å². The van der Waals surface area contributed by atoms with Crippen LogP contribution in [0.25, 0.3) is 0 Å². The third-order valence-electron chi connectivity index (χ3n) is 3.64. The molecule has 0 unspecified atom stereocenters. The first-order valence-electron chi connectivity index (χ1n) is 6.60. The van der Waals surface area contributed by atoms with Crippen LogP contribution in [-0.4, -0.2) is 36.8 Å². The molecule has 4 nitrogen and oxygen atoms in total. The summed E-state index contributed by atoms with van der Waals surface area (Å²) in [5, 5.41) is 0. The zero-order valence-corrected chi connectivity index (χ0v) is 11.7. The Hall–Kier alpha value is -1.19. The second-order valence-electron chi connectivity index (χ2n) is 6.22. The Morgan fingerprint density at radius 3 is 2.72 bits per heavy atom. The first-order valence-corrected chi connectivity index (χ1v) is 6.60. The number of hydrogen-bond donors (Lipinski definition) is 0. The van der Waals surface area contributed by atoms with E-state index in [1.165, 1.54) is 5.57 Å². The van der Waals surface area contributed by atoms with Crippen LogP contribution in [0.15, 0.2) is 11.8 Å². The molecule has 0 aromatic heterocycles. The fourth-order valence-electron chi connectivity index (χ4n) is 2.89. The second-order valence-corrected chi connectivity index (χ2v) is 6.22. The van der Waals surface area contributed by atoms with Gasteiger partial charge in [-0.25, -0.2) is 4.79 Å². The molecule has 102 valence electrons. The molecular weight excluding hydrogens is 230 g/mol. The molecule has 4 heteroatoms. The van der Waals surface area contributed by atoms with Crippen LogP contribution in [0.2, 0.25) is 0 Å². The summed E-state index contributed by atoms with van der Waals surface area (Å²) in [4.78, 5) is 13.8. The molecule has 1 saturated heterocycles. The third kappa shape index (κ3) is 2.79. The molecule has 2 fully saturated rings. The van der Waals surface area contributed by atoms with Gasteiger partial charge in [0.15, 0.2) is 0 Å². The second kappa shape index (κ2) is 4.82. The fourth-order valence-corrected chi connectivity index (χ4v) is 2.89. The summed E-state index contributed by atoms with van der Waals surface area (Å²) in [5.74, 6) is 1.05. The van der Waals surface area contributed by atoms with Crippen molar-refractivity contribution in [2.45, 2.75) is 39.2 Å². The smallest absolute Gasteiger partial charge is 0.410 e. The molecule has 2 atom stereocenters. The highest BCUT2D eigenvalue weighted by Crippen LogP contribution is 2.42. The lowest BCUT2D eigenvalue weighted by molar-refractivity contribution is 0.0283. The van der Waals surface area contributed by atoms with Crippen molar-refractivity contribution in [3.05, 3.63) is 11.8 Å². The van der Waals surface area contributed by atoms with Gasteiger partial charge in [-0.1, -0.05) is 0 Å². The van der Waals surface area contributed by atoms with Crippen molar-refractivity contribution in [2.24, 2.45) is 11.8 Å². The van der Waals surface area contributed by atoms with Gasteiger partial charge in [0, 0.05) is 19.0 Å². The van der Waals surface area contributed by atoms with E-state index in [0.717, 1.165) is 25.9 Å². The van der Waals surface area contributed by atoms with Crippen LogP contribution in [0.1, 0.15) is 33.6 Å². The highest BCUT2D eigenvalue weighted by molar-refractivity contribution is 5.68. The number of likely N-dealkylation sites (tertiary alicyclic amines) is 1. The minimum atomic E-state index is -0.417. The summed E-state index contributed by atoms with van der Waals surface area (Å²) >= 11 is 0. The SMILES string of the molecule is CO/C=C1/CC[C@H]2CN(C(=O)OC(C)(C)C)C[C@@H]12. The lowest BCUT2D eigenvalue weighted by atomic mass is 9.98. The van der Waals surface area contributed by atoms with Gasteiger partial charge in [-0.15, -0.1) is 0 Å². The van der Waals surface area contributed by atoms with E-state index in [-0.39, 0.29) is 6.09 Å². The first kappa shape index (κ1) is 13.2. The van der Waals surface area contributed by atoms with Gasteiger partial charge in [-0.2, -0.15) is 0 Å². The Morgan fingerprint density at radius 1 is 1.39 bits per heavy atom. The van der Waals surface area contributed by atoms with E-state index in [0.29, 0.717) is 11.8 Å². The Bertz CT molecular complexity index is 357. The standard InChI is InChI=1S/C14H23NO3/c1-14(2,3)18-13(16)15-7-10-5-6-11(9-17-4)12(10)8-15/h9-10,12H,5-8H2,1-4H3/b11-9-/t10-,12+/m0/s1. The van der Waals surface area contributed by atoms with Gasteiger partial charge in [-0.3, -0.25) is 0 Å². The average molecular weight is 253 g/mol. The van der Waals surface area contributed by atoms with E-state index in [9.17, 15) is 4.79 Å². The van der Waals surface area contributed by atoms with Crippen molar-refractivity contribution in [2.75, 3.05) is 20.2 Å². The molecule has 1 amide bonds. The number of fused-ring (bicyclic) bond motifs is 1. The van der Waals surface area contributed by atoms with Gasteiger partial charge in [0.1, 0.15) is 5.60 Å². The highest BCUT2D eigenvalue weighted by atomic mass is 16.6. The molecule has 0 bridgehead atoms. The number of carbonyl (C=O) groups excluding carboxylic acids is 1. The van der Waals surface area contributed by atoms with Crippen molar-refractivity contribution in [1.82, 2.24) is 4.90 Å². The number of nitrogens with zero attached hydrogens (tertiary/aromatic N) is 1. The minimum Gasteiger partial charge on any atom is -0.504 e. The highest BCUT2D eigenvalue weighted by Gasteiger charge is 2.42. The molecule has 0 aromatic rings. The summed E-state index contributed by atoms with van der Waals surface area (Å²) < 4.78 is 10.5. The number of rotatable bonds is 1. The van der Waals surface area contributed by atoms with E-state index in [2.05, 4.69) is 0 Å². The summed E-state index contributed by atoms with van der Waals surface area (Å²) in [6.45, 7) is 7.30. The molecule has 1 aliphatic heterocycles. The van der Waals surface area contributed by atoms with Crippen LogP contribution in [0.5, 0.6) is 0 Å². The van der Waals surface area contributed by atoms with Crippen molar-refractivity contribution >= 4 is 6.09 Å². The van der Waals surface area contributed by atoms with Crippen LogP contribution >= 0.6 is 0 Å². The maximum atomic E-state index is 12.0. The van der Waals surface area contributed by atoms with Crippen molar-refractivity contribution < 1.29 is 14.3 Å². The van der Waals surface area contributed by atoms with Crippen molar-refractivity contribution in [1.29, 1.82) is 0 Å². The number of amides is 1. The van der Waals surface area contributed by atoms with E-state index in [1.54, 1.807) is 7.11 Å². The molecule has 1 aliphatic carbocycles. The molecule has 0 aromatic carbocycles. The lowest BCUT2D eigenvalue weighted by Gasteiger charge is -2.24. The lowest BCUT2D eigenvalue weighted by Crippen LogP contribution is -2.35. The zero-order valence-electron chi connectivity index (χ0n) is 11.7. The predicted octanol–water partition coefficient (Wildman–Crippen LogP) is 2.79. The summed E-state index contributed by atoms with van der Waals surface area (Å²) in [6, 6.07) is 0. The van der Waals surface area contributed by atoms with E-state index in [1.807, 2.05) is 31.9 Å². The van der Waals surface area contributed by atoms with Crippen LogP contribution in [-0.2, 0) is 9.47 Å². The van der Waals surface area contributed by atoms with Crippen LogP contribution in [0.3, 0.4) is 0 Å². The summed E-state index contributed by atoms with van der Waals surface area (Å²) in [7, 11) is 1.68. The maximum Gasteiger partial charge on any atom is 0.410 e. The Balaban J connectivity index is 1.97. The maximum absolute atomic E-state index is 12.0. The van der Waals surface area contributed by atoms with Crippen molar-refractivity contribution in [3.8, 4) is 0 Å². The van der Waals surface area contributed by atoms with E-state index < -0.39 is 5.60 Å².